The molecule has 0 fully saturated rings. The molecule has 4 nitrogen and oxygen atoms in total. The normalized spacial score (nSPS) is 12.1. The molecule has 16 heavy (non-hydrogen) atoms. The third-order valence-corrected chi connectivity index (χ3v) is 2.33. The Morgan fingerprint density at radius 2 is 2.06 bits per heavy atom. The van der Waals surface area contributed by atoms with E-state index in [1.807, 2.05) is 30.3 Å². The van der Waals surface area contributed by atoms with Gasteiger partial charge in [0.25, 0.3) is 0 Å². The van der Waals surface area contributed by atoms with Crippen LogP contribution in [0.2, 0.25) is 0 Å². The van der Waals surface area contributed by atoms with Gasteiger partial charge in [-0.3, -0.25) is 0 Å². The summed E-state index contributed by atoms with van der Waals surface area (Å²) < 4.78 is 9.61. The van der Waals surface area contributed by atoms with Crippen molar-refractivity contribution < 1.29 is 19.4 Å². The minimum Gasteiger partial charge on any atom is -0.450 e. The maximum absolute atomic E-state index is 10.2. The first-order valence-corrected chi connectivity index (χ1v) is 5.13. The zero-order valence-electron chi connectivity index (χ0n) is 9.26. The summed E-state index contributed by atoms with van der Waals surface area (Å²) in [7, 11) is 1.63. The van der Waals surface area contributed by atoms with Crippen molar-refractivity contribution in [2.45, 2.75) is 12.3 Å². The largest absolute Gasteiger partial charge is 0.505 e. The first-order valence-electron chi connectivity index (χ1n) is 5.13. The summed E-state index contributed by atoms with van der Waals surface area (Å²) in [4.78, 5) is 10.2. The molecule has 1 rings (SSSR count). The van der Waals surface area contributed by atoms with Gasteiger partial charge in [-0.15, -0.1) is 0 Å². The van der Waals surface area contributed by atoms with Gasteiger partial charge in [-0.1, -0.05) is 30.3 Å². The first-order chi connectivity index (χ1) is 7.74. The van der Waals surface area contributed by atoms with Crippen LogP contribution in [0.3, 0.4) is 0 Å². The molecule has 4 heteroatoms. The number of carbonyl (C=O) groups is 1. The van der Waals surface area contributed by atoms with Crippen molar-refractivity contribution in [2.24, 2.45) is 0 Å². The molecule has 0 spiro atoms. The lowest BCUT2D eigenvalue weighted by Gasteiger charge is -2.15. The molecule has 0 amide bonds. The molecule has 0 heterocycles. The Labute approximate surface area is 94.8 Å². The van der Waals surface area contributed by atoms with E-state index in [2.05, 4.69) is 4.74 Å². The summed E-state index contributed by atoms with van der Waals surface area (Å²) >= 11 is 0. The van der Waals surface area contributed by atoms with Crippen molar-refractivity contribution in [3.8, 4) is 0 Å². The van der Waals surface area contributed by atoms with Crippen molar-refractivity contribution in [3.05, 3.63) is 35.9 Å². The molecule has 1 aromatic rings. The van der Waals surface area contributed by atoms with Gasteiger partial charge >= 0.3 is 6.16 Å². The molecule has 0 aromatic heterocycles. The molecular weight excluding hydrogens is 208 g/mol. The Hall–Kier alpha value is -1.55. The van der Waals surface area contributed by atoms with E-state index in [1.165, 1.54) is 0 Å². The third-order valence-electron chi connectivity index (χ3n) is 2.33. The van der Waals surface area contributed by atoms with Gasteiger partial charge < -0.3 is 14.6 Å². The fourth-order valence-corrected chi connectivity index (χ4v) is 1.56. The van der Waals surface area contributed by atoms with Crippen LogP contribution >= 0.6 is 0 Å². The van der Waals surface area contributed by atoms with Crippen LogP contribution < -0.4 is 0 Å². The summed E-state index contributed by atoms with van der Waals surface area (Å²) in [6.07, 6.45) is -0.603. The molecule has 0 saturated carbocycles. The van der Waals surface area contributed by atoms with Gasteiger partial charge in [-0.2, -0.15) is 0 Å². The van der Waals surface area contributed by atoms with Crippen molar-refractivity contribution in [1.29, 1.82) is 0 Å². The molecule has 0 saturated heterocycles. The Morgan fingerprint density at radius 3 is 2.62 bits per heavy atom. The third kappa shape index (κ3) is 4.31. The second-order valence-corrected chi connectivity index (χ2v) is 3.47. The lowest BCUT2D eigenvalue weighted by molar-refractivity contribution is 0.0839. The minimum absolute atomic E-state index is 0.172. The van der Waals surface area contributed by atoms with Crippen LogP contribution in [0.1, 0.15) is 17.9 Å². The van der Waals surface area contributed by atoms with Crippen molar-refractivity contribution in [2.75, 3.05) is 20.3 Å². The number of rotatable bonds is 6. The Morgan fingerprint density at radius 1 is 1.38 bits per heavy atom. The predicted octanol–water partition coefficient (Wildman–Crippen LogP) is 2.50. The van der Waals surface area contributed by atoms with Gasteiger partial charge in [0, 0.05) is 13.0 Å². The highest BCUT2D eigenvalue weighted by Crippen LogP contribution is 2.19. The second kappa shape index (κ2) is 6.85. The number of carboxylic acid groups (broad SMARTS) is 1. The molecule has 88 valence electrons. The van der Waals surface area contributed by atoms with E-state index in [0.717, 1.165) is 5.56 Å². The lowest BCUT2D eigenvalue weighted by atomic mass is 9.97. The molecule has 0 bridgehead atoms. The fraction of sp³-hybridized carbons (Fsp3) is 0.417. The maximum atomic E-state index is 10.2. The zero-order chi connectivity index (χ0) is 11.8. The van der Waals surface area contributed by atoms with Gasteiger partial charge in [0.1, 0.15) is 0 Å². The quantitative estimate of drug-likeness (QED) is 0.754. The molecule has 0 radical (unpaired) electrons. The van der Waals surface area contributed by atoms with Crippen LogP contribution in [0.5, 0.6) is 0 Å². The molecule has 1 unspecified atom stereocenters. The molecule has 1 N–H and O–H groups in total. The molecule has 1 atom stereocenters. The average molecular weight is 224 g/mol. The van der Waals surface area contributed by atoms with Gasteiger partial charge in [0.2, 0.25) is 0 Å². The van der Waals surface area contributed by atoms with Crippen molar-refractivity contribution in [3.63, 3.8) is 0 Å². The highest BCUT2D eigenvalue weighted by molar-refractivity contribution is 5.56. The van der Waals surface area contributed by atoms with E-state index in [1.54, 1.807) is 7.11 Å². The maximum Gasteiger partial charge on any atom is 0.505 e. The van der Waals surface area contributed by atoms with Crippen LogP contribution in [0.4, 0.5) is 4.79 Å². The molecule has 0 aliphatic heterocycles. The summed E-state index contributed by atoms with van der Waals surface area (Å²) in [6, 6.07) is 9.86. The first kappa shape index (κ1) is 12.5. The van der Waals surface area contributed by atoms with Crippen LogP contribution in [-0.4, -0.2) is 31.6 Å². The van der Waals surface area contributed by atoms with Gasteiger partial charge in [-0.05, 0) is 12.0 Å². The SMILES string of the molecule is COCC(CCOC(=O)O)c1ccccc1. The summed E-state index contributed by atoms with van der Waals surface area (Å²) in [5, 5.41) is 8.37. The number of benzene rings is 1. The Bertz CT molecular complexity index is 310. The standard InChI is InChI=1S/C12H16O4/c1-15-9-11(7-8-16-12(13)14)10-5-3-2-4-6-10/h2-6,11H,7-9H2,1H3,(H,13,14). The molecule has 0 aliphatic rings. The van der Waals surface area contributed by atoms with E-state index in [4.69, 9.17) is 9.84 Å². The van der Waals surface area contributed by atoms with E-state index < -0.39 is 6.16 Å². The highest BCUT2D eigenvalue weighted by atomic mass is 16.7. The van der Waals surface area contributed by atoms with E-state index in [9.17, 15) is 4.79 Å². The van der Waals surface area contributed by atoms with Crippen molar-refractivity contribution in [1.82, 2.24) is 0 Å². The number of hydrogen-bond donors (Lipinski definition) is 1. The summed E-state index contributed by atoms with van der Waals surface area (Å²) in [5.74, 6) is 0.172. The van der Waals surface area contributed by atoms with Crippen LogP contribution in [0, 0.1) is 0 Å². The predicted molar refractivity (Wildman–Crippen MR) is 59.7 cm³/mol. The summed E-state index contributed by atoms with van der Waals surface area (Å²) in [6.45, 7) is 0.755. The van der Waals surface area contributed by atoms with E-state index in [0.29, 0.717) is 13.0 Å². The molecular formula is C12H16O4. The monoisotopic (exact) mass is 224 g/mol. The fourth-order valence-electron chi connectivity index (χ4n) is 1.56. The van der Waals surface area contributed by atoms with Crippen LogP contribution in [0.15, 0.2) is 30.3 Å². The minimum atomic E-state index is -1.23. The zero-order valence-corrected chi connectivity index (χ0v) is 9.26. The van der Waals surface area contributed by atoms with Gasteiger partial charge in [0.15, 0.2) is 0 Å². The van der Waals surface area contributed by atoms with Crippen LogP contribution in [-0.2, 0) is 9.47 Å². The topological polar surface area (TPSA) is 55.8 Å². The lowest BCUT2D eigenvalue weighted by Crippen LogP contribution is -2.11. The van der Waals surface area contributed by atoms with Crippen molar-refractivity contribution >= 4 is 6.16 Å². The van der Waals surface area contributed by atoms with Gasteiger partial charge in [-0.25, -0.2) is 4.79 Å². The average Bonchev–Trinajstić information content (AvgIpc) is 2.29. The van der Waals surface area contributed by atoms with E-state index >= 15 is 0 Å². The molecule has 0 aliphatic carbocycles. The Balaban J connectivity index is 2.51. The number of ether oxygens (including phenoxy) is 2. The Kier molecular flexibility index (Phi) is 5.36. The van der Waals surface area contributed by atoms with Gasteiger partial charge in [0.05, 0.1) is 13.2 Å². The van der Waals surface area contributed by atoms with Crippen LogP contribution in [0.25, 0.3) is 0 Å². The molecule has 1 aromatic carbocycles. The summed E-state index contributed by atoms with van der Waals surface area (Å²) in [5.41, 5.74) is 1.14. The smallest absolute Gasteiger partial charge is 0.450 e. The number of hydrogen-bond acceptors (Lipinski definition) is 3. The highest BCUT2D eigenvalue weighted by Gasteiger charge is 2.11. The second-order valence-electron chi connectivity index (χ2n) is 3.47. The van der Waals surface area contributed by atoms with E-state index in [-0.39, 0.29) is 12.5 Å². The number of methoxy groups -OCH3 is 1.